The molecule has 0 bridgehead atoms. The van der Waals surface area contributed by atoms with Crippen LogP contribution in [0.3, 0.4) is 0 Å². The highest BCUT2D eigenvalue weighted by Crippen LogP contribution is 2.21. The van der Waals surface area contributed by atoms with Crippen LogP contribution < -0.4 is 0 Å². The van der Waals surface area contributed by atoms with Crippen molar-refractivity contribution in [3.63, 3.8) is 0 Å². The normalized spacial score (nSPS) is 21.8. The van der Waals surface area contributed by atoms with E-state index < -0.39 is 0 Å². The summed E-state index contributed by atoms with van der Waals surface area (Å²) in [4.78, 5) is 11.6. The maximum Gasteiger partial charge on any atom is 0.338 e. The van der Waals surface area contributed by atoms with Crippen LogP contribution in [0.4, 0.5) is 0 Å². The summed E-state index contributed by atoms with van der Waals surface area (Å²) in [6.45, 7) is 4.10. The Morgan fingerprint density at radius 2 is 2.16 bits per heavy atom. The molecule has 0 N–H and O–H groups in total. The highest BCUT2D eigenvalue weighted by molar-refractivity contribution is 5.89. The van der Waals surface area contributed by atoms with Crippen LogP contribution in [0, 0.1) is 0 Å². The Labute approximate surface area is 113 Å². The Kier molecular flexibility index (Phi) is 4.93. The van der Waals surface area contributed by atoms with Gasteiger partial charge in [-0.3, -0.25) is 0 Å². The first-order valence-electron chi connectivity index (χ1n) is 6.76. The van der Waals surface area contributed by atoms with Crippen molar-refractivity contribution in [2.45, 2.75) is 45.7 Å². The van der Waals surface area contributed by atoms with Crippen molar-refractivity contribution >= 4 is 5.97 Å². The minimum atomic E-state index is -0.260. The van der Waals surface area contributed by atoms with Crippen molar-refractivity contribution in [1.82, 2.24) is 0 Å². The topological polar surface area (TPSA) is 44.8 Å². The molecule has 1 aromatic carbocycles. The fourth-order valence-electron chi connectivity index (χ4n) is 2.11. The van der Waals surface area contributed by atoms with E-state index in [4.69, 9.17) is 14.2 Å². The predicted octanol–water partition coefficient (Wildman–Crippen LogP) is 2.90. The molecule has 0 unspecified atom stereocenters. The number of esters is 1. The zero-order valence-corrected chi connectivity index (χ0v) is 11.4. The van der Waals surface area contributed by atoms with Gasteiger partial charge in [-0.05, 0) is 50.8 Å². The molecule has 1 heterocycles. The molecular formula is C15H20O4. The number of rotatable bonds is 6. The van der Waals surface area contributed by atoms with E-state index in [0.717, 1.165) is 24.8 Å². The first-order valence-corrected chi connectivity index (χ1v) is 6.76. The molecule has 19 heavy (non-hydrogen) atoms. The van der Waals surface area contributed by atoms with E-state index in [1.165, 1.54) is 0 Å². The van der Waals surface area contributed by atoms with E-state index in [9.17, 15) is 4.79 Å². The SMILES string of the molecule is CCOC(=O)c1cccc(CCCC2OC(C)O2)c1. The van der Waals surface area contributed by atoms with Gasteiger partial charge in [-0.25, -0.2) is 4.79 Å². The summed E-state index contributed by atoms with van der Waals surface area (Å²) in [6, 6.07) is 7.58. The minimum Gasteiger partial charge on any atom is -0.462 e. The molecule has 2 rings (SSSR count). The molecule has 4 nitrogen and oxygen atoms in total. The van der Waals surface area contributed by atoms with E-state index in [2.05, 4.69) is 0 Å². The van der Waals surface area contributed by atoms with Gasteiger partial charge in [0.05, 0.1) is 12.2 Å². The van der Waals surface area contributed by atoms with Gasteiger partial charge in [0.2, 0.25) is 0 Å². The molecule has 1 fully saturated rings. The zero-order chi connectivity index (χ0) is 13.7. The number of benzene rings is 1. The molecule has 1 aliphatic rings. The third-order valence-corrected chi connectivity index (χ3v) is 3.03. The second-order valence-corrected chi connectivity index (χ2v) is 4.58. The van der Waals surface area contributed by atoms with Crippen molar-refractivity contribution < 1.29 is 19.0 Å². The van der Waals surface area contributed by atoms with E-state index in [0.29, 0.717) is 12.2 Å². The summed E-state index contributed by atoms with van der Waals surface area (Å²) in [5.74, 6) is -0.260. The standard InChI is InChI=1S/C15H20O4/c1-3-17-15(16)13-8-4-6-12(10-13)7-5-9-14-18-11(2)19-14/h4,6,8,10-11,14H,3,5,7,9H2,1-2H3. The molecule has 0 saturated carbocycles. The molecule has 0 amide bonds. The Morgan fingerprint density at radius 1 is 1.37 bits per heavy atom. The van der Waals surface area contributed by atoms with Crippen LogP contribution in [0.15, 0.2) is 24.3 Å². The van der Waals surface area contributed by atoms with Gasteiger partial charge in [0.15, 0.2) is 12.6 Å². The Hall–Kier alpha value is -1.39. The molecule has 0 radical (unpaired) electrons. The average molecular weight is 264 g/mol. The summed E-state index contributed by atoms with van der Waals surface area (Å²) in [7, 11) is 0. The fourth-order valence-corrected chi connectivity index (χ4v) is 2.11. The second-order valence-electron chi connectivity index (χ2n) is 4.58. The smallest absolute Gasteiger partial charge is 0.338 e. The average Bonchev–Trinajstić information content (AvgIpc) is 2.37. The molecule has 1 saturated heterocycles. The number of ether oxygens (including phenoxy) is 3. The van der Waals surface area contributed by atoms with Crippen molar-refractivity contribution in [3.05, 3.63) is 35.4 Å². The number of carbonyl (C=O) groups excluding carboxylic acids is 1. The lowest BCUT2D eigenvalue weighted by molar-refractivity contribution is -0.377. The lowest BCUT2D eigenvalue weighted by Crippen LogP contribution is -2.38. The lowest BCUT2D eigenvalue weighted by atomic mass is 10.0. The number of hydrogen-bond acceptors (Lipinski definition) is 4. The minimum absolute atomic E-state index is 0.0526. The Balaban J connectivity index is 1.80. The van der Waals surface area contributed by atoms with Gasteiger partial charge in [0.1, 0.15) is 0 Å². The van der Waals surface area contributed by atoms with Gasteiger partial charge in [0.25, 0.3) is 0 Å². The van der Waals surface area contributed by atoms with Gasteiger partial charge < -0.3 is 14.2 Å². The van der Waals surface area contributed by atoms with Crippen LogP contribution in [-0.4, -0.2) is 25.2 Å². The van der Waals surface area contributed by atoms with Crippen molar-refractivity contribution in [3.8, 4) is 0 Å². The molecule has 0 aliphatic carbocycles. The first-order chi connectivity index (χ1) is 9.19. The summed E-state index contributed by atoms with van der Waals surface area (Å²) in [5.41, 5.74) is 1.75. The van der Waals surface area contributed by atoms with Crippen LogP contribution in [0.2, 0.25) is 0 Å². The van der Waals surface area contributed by atoms with Gasteiger partial charge in [-0.15, -0.1) is 0 Å². The third kappa shape index (κ3) is 4.04. The molecule has 0 atom stereocenters. The fraction of sp³-hybridized carbons (Fsp3) is 0.533. The molecule has 0 aromatic heterocycles. The van der Waals surface area contributed by atoms with Crippen LogP contribution in [0.1, 0.15) is 42.6 Å². The largest absolute Gasteiger partial charge is 0.462 e. The van der Waals surface area contributed by atoms with Crippen LogP contribution in [0.25, 0.3) is 0 Å². The van der Waals surface area contributed by atoms with Crippen LogP contribution >= 0.6 is 0 Å². The second kappa shape index (κ2) is 6.68. The summed E-state index contributed by atoms with van der Waals surface area (Å²) in [6.07, 6.45) is 2.66. The first kappa shape index (κ1) is 14.0. The molecule has 104 valence electrons. The maximum atomic E-state index is 11.6. The van der Waals surface area contributed by atoms with Crippen molar-refractivity contribution in [1.29, 1.82) is 0 Å². The van der Waals surface area contributed by atoms with Crippen molar-refractivity contribution in [2.75, 3.05) is 6.61 Å². The highest BCUT2D eigenvalue weighted by atomic mass is 16.9. The van der Waals surface area contributed by atoms with Gasteiger partial charge in [-0.1, -0.05) is 12.1 Å². The van der Waals surface area contributed by atoms with Gasteiger partial charge >= 0.3 is 5.97 Å². The van der Waals surface area contributed by atoms with E-state index in [1.807, 2.05) is 25.1 Å². The molecule has 0 spiro atoms. The monoisotopic (exact) mass is 264 g/mol. The summed E-state index contributed by atoms with van der Waals surface area (Å²) in [5, 5.41) is 0. The zero-order valence-electron chi connectivity index (χ0n) is 11.4. The lowest BCUT2D eigenvalue weighted by Gasteiger charge is -2.33. The number of aryl methyl sites for hydroxylation is 1. The highest BCUT2D eigenvalue weighted by Gasteiger charge is 2.25. The Morgan fingerprint density at radius 3 is 2.84 bits per heavy atom. The van der Waals surface area contributed by atoms with Gasteiger partial charge in [0, 0.05) is 0 Å². The van der Waals surface area contributed by atoms with Crippen LogP contribution in [-0.2, 0) is 20.6 Å². The van der Waals surface area contributed by atoms with Gasteiger partial charge in [-0.2, -0.15) is 0 Å². The molecular weight excluding hydrogens is 244 g/mol. The molecule has 4 heteroatoms. The number of hydrogen-bond donors (Lipinski definition) is 0. The van der Waals surface area contributed by atoms with E-state index >= 15 is 0 Å². The third-order valence-electron chi connectivity index (χ3n) is 3.03. The summed E-state index contributed by atoms with van der Waals surface area (Å²) < 4.78 is 15.7. The van der Waals surface area contributed by atoms with E-state index in [-0.39, 0.29) is 18.5 Å². The van der Waals surface area contributed by atoms with E-state index in [1.54, 1.807) is 13.0 Å². The molecule has 1 aliphatic heterocycles. The van der Waals surface area contributed by atoms with Crippen molar-refractivity contribution in [2.24, 2.45) is 0 Å². The van der Waals surface area contributed by atoms with Crippen LogP contribution in [0.5, 0.6) is 0 Å². The Bertz CT molecular complexity index is 424. The predicted molar refractivity (Wildman–Crippen MR) is 70.8 cm³/mol. The maximum absolute atomic E-state index is 11.6. The summed E-state index contributed by atoms with van der Waals surface area (Å²) >= 11 is 0. The number of carbonyl (C=O) groups is 1. The quantitative estimate of drug-likeness (QED) is 0.741. The molecule has 1 aromatic rings.